The monoisotopic (exact) mass is 279 g/mol. The Morgan fingerprint density at radius 2 is 1.79 bits per heavy atom. The third-order valence-corrected chi connectivity index (χ3v) is 2.22. The first kappa shape index (κ1) is 15.4. The van der Waals surface area contributed by atoms with Crippen LogP contribution in [-0.4, -0.2) is 34.7 Å². The molecule has 0 saturated heterocycles. The molecule has 5 nitrogen and oxygen atoms in total. The molecule has 0 aromatic heterocycles. The molecule has 0 aliphatic heterocycles. The molecule has 0 saturated carbocycles. The largest absolute Gasteiger partial charge is 0.491 e. The SMILES string of the molecule is N[C@@H](Cc1ccc(OC(=O)C(F)(F)F)cc1)C(O)O. The molecule has 0 fully saturated rings. The molecular weight excluding hydrogens is 267 g/mol. The Kier molecular flexibility index (Phi) is 4.87. The maximum Gasteiger partial charge on any atom is 0.491 e. The predicted molar refractivity (Wildman–Crippen MR) is 58.0 cm³/mol. The number of nitrogens with two attached hydrogens (primary N) is 1. The van der Waals surface area contributed by atoms with Crippen molar-refractivity contribution in [2.24, 2.45) is 5.73 Å². The van der Waals surface area contributed by atoms with Crippen molar-refractivity contribution < 1.29 is 32.9 Å². The number of ether oxygens (including phenoxy) is 1. The van der Waals surface area contributed by atoms with Gasteiger partial charge in [0.05, 0.1) is 6.04 Å². The smallest absolute Gasteiger partial charge is 0.420 e. The van der Waals surface area contributed by atoms with Crippen molar-refractivity contribution in [1.82, 2.24) is 0 Å². The minimum absolute atomic E-state index is 0.116. The fourth-order valence-electron chi connectivity index (χ4n) is 1.24. The molecular formula is C11H12F3NO4. The number of rotatable bonds is 4. The zero-order chi connectivity index (χ0) is 14.6. The summed E-state index contributed by atoms with van der Waals surface area (Å²) >= 11 is 0. The minimum atomic E-state index is -5.05. The molecule has 106 valence electrons. The Labute approximate surface area is 106 Å². The van der Waals surface area contributed by atoms with Gasteiger partial charge in [0.2, 0.25) is 0 Å². The molecule has 8 heteroatoms. The lowest BCUT2D eigenvalue weighted by Crippen LogP contribution is -2.36. The molecule has 0 heterocycles. The number of hydrogen-bond acceptors (Lipinski definition) is 5. The molecule has 0 spiro atoms. The van der Waals surface area contributed by atoms with Crippen molar-refractivity contribution in [2.75, 3.05) is 0 Å². The van der Waals surface area contributed by atoms with E-state index in [1.807, 2.05) is 0 Å². The third-order valence-electron chi connectivity index (χ3n) is 2.22. The first-order chi connectivity index (χ1) is 8.70. The number of carbonyl (C=O) groups is 1. The second kappa shape index (κ2) is 6.00. The lowest BCUT2D eigenvalue weighted by atomic mass is 10.1. The van der Waals surface area contributed by atoms with Gasteiger partial charge in [-0.05, 0) is 24.1 Å². The summed E-state index contributed by atoms with van der Waals surface area (Å²) in [6, 6.07) is 4.16. The molecule has 1 rings (SSSR count). The zero-order valence-electron chi connectivity index (χ0n) is 9.59. The van der Waals surface area contributed by atoms with Crippen LogP contribution in [0, 0.1) is 0 Å². The number of aliphatic hydroxyl groups excluding tert-OH is 1. The van der Waals surface area contributed by atoms with Gasteiger partial charge in [-0.2, -0.15) is 13.2 Å². The standard InChI is InChI=1S/C11H12F3NO4/c12-11(13,14)10(18)19-7-3-1-6(2-4-7)5-8(15)9(16)17/h1-4,8-9,16-17H,5,15H2/t8-/m0/s1. The summed E-state index contributed by atoms with van der Waals surface area (Å²) in [7, 11) is 0. The number of hydrogen-bond donors (Lipinski definition) is 3. The number of alkyl halides is 3. The van der Waals surface area contributed by atoms with Crippen molar-refractivity contribution in [2.45, 2.75) is 24.9 Å². The highest BCUT2D eigenvalue weighted by Crippen LogP contribution is 2.20. The second-order valence-electron chi connectivity index (χ2n) is 3.81. The Bertz CT molecular complexity index is 431. The van der Waals surface area contributed by atoms with Crippen molar-refractivity contribution in [3.8, 4) is 5.75 Å². The topological polar surface area (TPSA) is 92.8 Å². The van der Waals surface area contributed by atoms with Crippen molar-refractivity contribution in [1.29, 1.82) is 0 Å². The lowest BCUT2D eigenvalue weighted by Gasteiger charge is -2.13. The van der Waals surface area contributed by atoms with Crippen LogP contribution >= 0.6 is 0 Å². The van der Waals surface area contributed by atoms with Crippen molar-refractivity contribution in [3.63, 3.8) is 0 Å². The maximum atomic E-state index is 11.9. The molecule has 0 aliphatic carbocycles. The Morgan fingerprint density at radius 3 is 2.21 bits per heavy atom. The molecule has 0 bridgehead atoms. The fraction of sp³-hybridized carbons (Fsp3) is 0.364. The van der Waals surface area contributed by atoms with Gasteiger partial charge in [0.25, 0.3) is 0 Å². The predicted octanol–water partition coefficient (Wildman–Crippen LogP) is 0.335. The van der Waals surface area contributed by atoms with Crippen LogP contribution in [0.4, 0.5) is 13.2 Å². The zero-order valence-corrected chi connectivity index (χ0v) is 9.59. The highest BCUT2D eigenvalue weighted by Gasteiger charge is 2.41. The van der Waals surface area contributed by atoms with Gasteiger partial charge in [0, 0.05) is 0 Å². The van der Waals surface area contributed by atoms with E-state index in [-0.39, 0.29) is 12.2 Å². The molecule has 4 N–H and O–H groups in total. The average molecular weight is 279 g/mol. The number of benzene rings is 1. The third kappa shape index (κ3) is 4.86. The van der Waals surface area contributed by atoms with Gasteiger partial charge >= 0.3 is 12.1 Å². The van der Waals surface area contributed by atoms with E-state index >= 15 is 0 Å². The second-order valence-corrected chi connectivity index (χ2v) is 3.81. The van der Waals surface area contributed by atoms with Crippen molar-refractivity contribution in [3.05, 3.63) is 29.8 Å². The van der Waals surface area contributed by atoms with Crippen LogP contribution in [0.5, 0.6) is 5.75 Å². The van der Waals surface area contributed by atoms with Crippen LogP contribution in [0.25, 0.3) is 0 Å². The van der Waals surface area contributed by atoms with Crippen LogP contribution < -0.4 is 10.5 Å². The number of halogens is 3. The van der Waals surface area contributed by atoms with Crippen molar-refractivity contribution >= 4 is 5.97 Å². The first-order valence-electron chi connectivity index (χ1n) is 5.20. The van der Waals surface area contributed by atoms with Crippen LogP contribution in [0.15, 0.2) is 24.3 Å². The van der Waals surface area contributed by atoms with Gasteiger partial charge in [-0.1, -0.05) is 12.1 Å². The molecule has 0 radical (unpaired) electrons. The highest BCUT2D eigenvalue weighted by molar-refractivity contribution is 5.78. The highest BCUT2D eigenvalue weighted by atomic mass is 19.4. The van der Waals surface area contributed by atoms with Crippen LogP contribution in [0.2, 0.25) is 0 Å². The summed E-state index contributed by atoms with van der Waals surface area (Å²) in [6.45, 7) is 0. The van der Waals surface area contributed by atoms with Gasteiger partial charge in [-0.3, -0.25) is 0 Å². The van der Waals surface area contributed by atoms with Crippen LogP contribution in [0.3, 0.4) is 0 Å². The molecule has 1 aromatic carbocycles. The summed E-state index contributed by atoms with van der Waals surface area (Å²) in [5, 5.41) is 17.6. The van der Waals surface area contributed by atoms with Gasteiger partial charge in [0.15, 0.2) is 6.29 Å². The van der Waals surface area contributed by atoms with E-state index < -0.39 is 24.5 Å². The Hall–Kier alpha value is -1.64. The van der Waals surface area contributed by atoms with E-state index in [4.69, 9.17) is 15.9 Å². The van der Waals surface area contributed by atoms with Crippen LogP contribution in [0.1, 0.15) is 5.56 Å². The Morgan fingerprint density at radius 1 is 1.26 bits per heavy atom. The van der Waals surface area contributed by atoms with Gasteiger partial charge in [-0.25, -0.2) is 4.79 Å². The van der Waals surface area contributed by atoms with E-state index in [1.165, 1.54) is 12.1 Å². The summed E-state index contributed by atoms with van der Waals surface area (Å²) in [6.07, 6.45) is -6.63. The molecule has 0 amide bonds. The number of aliphatic hydroxyl groups is 2. The average Bonchev–Trinajstić information content (AvgIpc) is 2.30. The Balaban J connectivity index is 2.64. The van der Waals surface area contributed by atoms with E-state index in [9.17, 15) is 18.0 Å². The molecule has 1 aromatic rings. The normalized spacial score (nSPS) is 13.4. The van der Waals surface area contributed by atoms with Gasteiger partial charge < -0.3 is 20.7 Å². The number of esters is 1. The first-order valence-corrected chi connectivity index (χ1v) is 5.20. The van der Waals surface area contributed by atoms with E-state index in [2.05, 4.69) is 4.74 Å². The van der Waals surface area contributed by atoms with Gasteiger partial charge in [0.1, 0.15) is 5.75 Å². The number of carbonyl (C=O) groups excluding carboxylic acids is 1. The molecule has 0 aliphatic rings. The molecule has 1 atom stereocenters. The van der Waals surface area contributed by atoms with E-state index in [0.717, 1.165) is 12.1 Å². The summed E-state index contributed by atoms with van der Waals surface area (Å²) in [5.41, 5.74) is 5.95. The fourth-order valence-corrected chi connectivity index (χ4v) is 1.24. The summed E-state index contributed by atoms with van der Waals surface area (Å²) in [5.74, 6) is -2.56. The van der Waals surface area contributed by atoms with Crippen LogP contribution in [-0.2, 0) is 11.2 Å². The lowest BCUT2D eigenvalue weighted by molar-refractivity contribution is -0.189. The van der Waals surface area contributed by atoms with E-state index in [1.54, 1.807) is 0 Å². The quantitative estimate of drug-likeness (QED) is 0.420. The maximum absolute atomic E-state index is 11.9. The molecule has 19 heavy (non-hydrogen) atoms. The van der Waals surface area contributed by atoms with E-state index in [0.29, 0.717) is 5.56 Å². The summed E-state index contributed by atoms with van der Waals surface area (Å²) < 4.78 is 39.9. The van der Waals surface area contributed by atoms with Gasteiger partial charge in [-0.15, -0.1) is 0 Å². The minimum Gasteiger partial charge on any atom is -0.420 e. The summed E-state index contributed by atoms with van der Waals surface area (Å²) in [4.78, 5) is 10.6. The molecule has 0 unspecified atom stereocenters.